The van der Waals surface area contributed by atoms with Crippen LogP contribution in [0.3, 0.4) is 0 Å². The number of halogens is 1. The first-order valence-electron chi connectivity index (χ1n) is 5.65. The molecule has 0 unspecified atom stereocenters. The number of nitrogens with one attached hydrogen (secondary N) is 1. The number of rotatable bonds is 3. The van der Waals surface area contributed by atoms with E-state index in [2.05, 4.69) is 5.32 Å². The minimum atomic E-state index is -0.364. The zero-order valence-electron chi connectivity index (χ0n) is 10.1. The third-order valence-electron chi connectivity index (χ3n) is 2.59. The number of carbonyl (C=O) groups excluding carboxylic acids is 1. The van der Waals surface area contributed by atoms with Gasteiger partial charge in [-0.25, -0.2) is 4.39 Å². The molecule has 0 bridgehead atoms. The van der Waals surface area contributed by atoms with Crippen LogP contribution in [0.25, 0.3) is 0 Å². The van der Waals surface area contributed by atoms with E-state index in [1.54, 1.807) is 12.1 Å². The van der Waals surface area contributed by atoms with Crippen LogP contribution in [-0.4, -0.2) is 5.91 Å². The molecule has 2 aromatic rings. The molecule has 0 aliphatic heterocycles. The maximum Gasteiger partial charge on any atom is 0.290 e. The lowest BCUT2D eigenvalue weighted by atomic mass is 10.3. The highest BCUT2D eigenvalue weighted by Gasteiger charge is 2.11. The summed E-state index contributed by atoms with van der Waals surface area (Å²) >= 11 is 0. The molecular formula is C14H14FN2O+. The van der Waals surface area contributed by atoms with Gasteiger partial charge in [-0.2, -0.15) is 4.57 Å². The Morgan fingerprint density at radius 2 is 2.11 bits per heavy atom. The van der Waals surface area contributed by atoms with Crippen molar-refractivity contribution in [2.75, 3.05) is 5.32 Å². The molecule has 1 aromatic carbocycles. The molecule has 2 rings (SSSR count). The van der Waals surface area contributed by atoms with E-state index in [0.29, 0.717) is 5.69 Å². The van der Waals surface area contributed by atoms with Crippen LogP contribution in [0.15, 0.2) is 48.7 Å². The molecule has 0 saturated carbocycles. The normalized spacial score (nSPS) is 10.1. The van der Waals surface area contributed by atoms with E-state index in [4.69, 9.17) is 0 Å². The topological polar surface area (TPSA) is 33.0 Å². The van der Waals surface area contributed by atoms with Gasteiger partial charge in [0, 0.05) is 24.7 Å². The van der Waals surface area contributed by atoms with Gasteiger partial charge in [-0.3, -0.25) is 4.79 Å². The summed E-state index contributed by atoms with van der Waals surface area (Å²) in [5, 5.41) is 2.66. The molecule has 18 heavy (non-hydrogen) atoms. The summed E-state index contributed by atoms with van der Waals surface area (Å²) in [6.45, 7) is 2.14. The second-order valence-corrected chi connectivity index (χ2v) is 4.03. The van der Waals surface area contributed by atoms with Crippen LogP contribution >= 0.6 is 0 Å². The molecule has 0 aliphatic rings. The SMILES string of the molecule is Cc1cccc[n+]1CC(=O)Nc1cccc(F)c1. The molecule has 0 fully saturated rings. The van der Waals surface area contributed by atoms with E-state index in [-0.39, 0.29) is 18.3 Å². The highest BCUT2D eigenvalue weighted by molar-refractivity contribution is 5.89. The van der Waals surface area contributed by atoms with E-state index in [1.165, 1.54) is 12.1 Å². The predicted octanol–water partition coefficient (Wildman–Crippen LogP) is 2.06. The number of anilines is 1. The Balaban J connectivity index is 2.03. The number of pyridine rings is 1. The summed E-state index contributed by atoms with van der Waals surface area (Å²) in [7, 11) is 0. The fraction of sp³-hybridized carbons (Fsp3) is 0.143. The van der Waals surface area contributed by atoms with Crippen molar-refractivity contribution in [2.45, 2.75) is 13.5 Å². The van der Waals surface area contributed by atoms with Crippen molar-refractivity contribution < 1.29 is 13.8 Å². The summed E-state index contributed by atoms with van der Waals surface area (Å²) in [5.74, 6) is -0.545. The Labute approximate surface area is 105 Å². The molecule has 0 aliphatic carbocycles. The highest BCUT2D eigenvalue weighted by Crippen LogP contribution is 2.08. The number of carbonyl (C=O) groups is 1. The average Bonchev–Trinajstić information content (AvgIpc) is 2.32. The molecule has 0 radical (unpaired) electrons. The van der Waals surface area contributed by atoms with Crippen molar-refractivity contribution in [2.24, 2.45) is 0 Å². The number of aromatic nitrogens is 1. The fourth-order valence-corrected chi connectivity index (χ4v) is 1.66. The van der Waals surface area contributed by atoms with E-state index < -0.39 is 0 Å². The first kappa shape index (κ1) is 12.2. The van der Waals surface area contributed by atoms with Crippen molar-refractivity contribution in [3.05, 3.63) is 60.2 Å². The zero-order chi connectivity index (χ0) is 13.0. The third kappa shape index (κ3) is 3.13. The summed E-state index contributed by atoms with van der Waals surface area (Å²) in [6, 6.07) is 11.6. The van der Waals surface area contributed by atoms with Crippen molar-refractivity contribution in [1.82, 2.24) is 0 Å². The lowest BCUT2D eigenvalue weighted by molar-refractivity contribution is -0.690. The monoisotopic (exact) mass is 245 g/mol. The lowest BCUT2D eigenvalue weighted by Crippen LogP contribution is -2.42. The maximum absolute atomic E-state index is 13.0. The van der Waals surface area contributed by atoms with Gasteiger partial charge in [-0.15, -0.1) is 0 Å². The molecule has 1 amide bonds. The van der Waals surface area contributed by atoms with Crippen molar-refractivity contribution in [3.8, 4) is 0 Å². The number of hydrogen-bond donors (Lipinski definition) is 1. The van der Waals surface area contributed by atoms with Gasteiger partial charge in [0.15, 0.2) is 11.9 Å². The van der Waals surface area contributed by atoms with E-state index in [9.17, 15) is 9.18 Å². The smallest absolute Gasteiger partial charge is 0.290 e. The van der Waals surface area contributed by atoms with E-state index in [1.807, 2.05) is 35.9 Å². The van der Waals surface area contributed by atoms with Gasteiger partial charge in [0.1, 0.15) is 5.82 Å². The third-order valence-corrected chi connectivity index (χ3v) is 2.59. The molecule has 3 nitrogen and oxygen atoms in total. The summed E-state index contributed by atoms with van der Waals surface area (Å²) in [4.78, 5) is 11.8. The Kier molecular flexibility index (Phi) is 3.67. The minimum absolute atomic E-state index is 0.181. The molecule has 0 spiro atoms. The number of benzene rings is 1. The molecular weight excluding hydrogens is 231 g/mol. The van der Waals surface area contributed by atoms with Crippen LogP contribution in [-0.2, 0) is 11.3 Å². The van der Waals surface area contributed by atoms with Crippen LogP contribution in [0.1, 0.15) is 5.69 Å². The first-order valence-corrected chi connectivity index (χ1v) is 5.65. The quantitative estimate of drug-likeness (QED) is 0.825. The largest absolute Gasteiger partial charge is 0.320 e. The van der Waals surface area contributed by atoms with Crippen molar-refractivity contribution >= 4 is 11.6 Å². The van der Waals surface area contributed by atoms with Crippen molar-refractivity contribution in [3.63, 3.8) is 0 Å². The van der Waals surface area contributed by atoms with Gasteiger partial charge in [-0.1, -0.05) is 12.1 Å². The summed E-state index contributed by atoms with van der Waals surface area (Å²) < 4.78 is 14.8. The Morgan fingerprint density at radius 3 is 2.83 bits per heavy atom. The van der Waals surface area contributed by atoms with Crippen molar-refractivity contribution in [1.29, 1.82) is 0 Å². The molecule has 0 saturated heterocycles. The minimum Gasteiger partial charge on any atom is -0.320 e. The molecule has 4 heteroatoms. The van der Waals surface area contributed by atoms with Gasteiger partial charge >= 0.3 is 0 Å². The zero-order valence-corrected chi connectivity index (χ0v) is 10.1. The number of hydrogen-bond acceptors (Lipinski definition) is 1. The summed E-state index contributed by atoms with van der Waals surface area (Å²) in [5.41, 5.74) is 1.46. The van der Waals surface area contributed by atoms with Crippen LogP contribution in [0.2, 0.25) is 0 Å². The predicted molar refractivity (Wildman–Crippen MR) is 66.4 cm³/mol. The second-order valence-electron chi connectivity index (χ2n) is 4.03. The average molecular weight is 245 g/mol. The van der Waals surface area contributed by atoms with Crippen LogP contribution < -0.4 is 9.88 Å². The van der Waals surface area contributed by atoms with Crippen LogP contribution in [0, 0.1) is 12.7 Å². The van der Waals surface area contributed by atoms with E-state index in [0.717, 1.165) is 5.69 Å². The fourth-order valence-electron chi connectivity index (χ4n) is 1.66. The van der Waals surface area contributed by atoms with Crippen LogP contribution in [0.5, 0.6) is 0 Å². The molecule has 1 heterocycles. The second kappa shape index (κ2) is 5.40. The maximum atomic E-state index is 13.0. The molecule has 92 valence electrons. The Morgan fingerprint density at radius 1 is 1.28 bits per heavy atom. The van der Waals surface area contributed by atoms with Gasteiger partial charge < -0.3 is 5.32 Å². The molecule has 1 aromatic heterocycles. The van der Waals surface area contributed by atoms with Gasteiger partial charge in [0.05, 0.1) is 0 Å². The number of amides is 1. The Bertz CT molecular complexity index is 569. The highest BCUT2D eigenvalue weighted by atomic mass is 19.1. The van der Waals surface area contributed by atoms with Gasteiger partial charge in [-0.05, 0) is 18.2 Å². The van der Waals surface area contributed by atoms with Gasteiger partial charge in [0.2, 0.25) is 6.54 Å². The number of aryl methyl sites for hydroxylation is 1. The van der Waals surface area contributed by atoms with Crippen LogP contribution in [0.4, 0.5) is 10.1 Å². The first-order chi connectivity index (χ1) is 8.65. The molecule has 1 N–H and O–H groups in total. The standard InChI is InChI=1S/C14H13FN2O/c1-11-5-2-3-8-17(11)10-14(18)16-13-7-4-6-12(15)9-13/h2-9H,10H2,1H3/p+1. The molecule has 0 atom stereocenters. The lowest BCUT2D eigenvalue weighted by Gasteiger charge is -2.04. The van der Waals surface area contributed by atoms with E-state index >= 15 is 0 Å². The number of nitrogens with zero attached hydrogens (tertiary/aromatic N) is 1. The van der Waals surface area contributed by atoms with Gasteiger partial charge in [0.25, 0.3) is 5.91 Å². The summed E-state index contributed by atoms with van der Waals surface area (Å²) in [6.07, 6.45) is 1.83. The Hall–Kier alpha value is -2.23.